The van der Waals surface area contributed by atoms with Crippen molar-refractivity contribution < 1.29 is 29.0 Å². The van der Waals surface area contributed by atoms with Crippen molar-refractivity contribution in [2.45, 2.75) is 77.5 Å². The molecule has 1 saturated heterocycles. The molecule has 1 heterocycles. The van der Waals surface area contributed by atoms with Crippen LogP contribution in [-0.2, 0) is 24.5 Å². The fourth-order valence-corrected chi connectivity index (χ4v) is 3.98. The summed E-state index contributed by atoms with van der Waals surface area (Å²) in [6, 6.07) is 7.34. The molecule has 9 nitrogen and oxygen atoms in total. The van der Waals surface area contributed by atoms with Gasteiger partial charge in [-0.1, -0.05) is 44.2 Å². The second-order valence-corrected chi connectivity index (χ2v) is 10.2. The average Bonchev–Trinajstić information content (AvgIpc) is 2.76. The van der Waals surface area contributed by atoms with Gasteiger partial charge in [0.15, 0.2) is 0 Å². The van der Waals surface area contributed by atoms with Gasteiger partial charge in [-0.2, -0.15) is 0 Å². The Kier molecular flexibility index (Phi) is 8.69. The molecule has 1 aliphatic heterocycles. The van der Waals surface area contributed by atoms with Crippen molar-refractivity contribution in [3.8, 4) is 0 Å². The van der Waals surface area contributed by atoms with E-state index < -0.39 is 41.1 Å². The maximum atomic E-state index is 13.7. The molecule has 3 N–H and O–H groups in total. The fourth-order valence-electron chi connectivity index (χ4n) is 3.98. The summed E-state index contributed by atoms with van der Waals surface area (Å²) in [5.74, 6) is -2.29. The molecule has 34 heavy (non-hydrogen) atoms. The van der Waals surface area contributed by atoms with E-state index in [0.29, 0.717) is 25.9 Å². The van der Waals surface area contributed by atoms with Gasteiger partial charge in [0, 0.05) is 13.1 Å². The molecule has 2 rings (SSSR count). The van der Waals surface area contributed by atoms with Gasteiger partial charge in [0.05, 0.1) is 5.41 Å². The van der Waals surface area contributed by atoms with Crippen LogP contribution in [0.25, 0.3) is 0 Å². The van der Waals surface area contributed by atoms with Gasteiger partial charge >= 0.3 is 12.1 Å². The zero-order valence-electron chi connectivity index (χ0n) is 20.9. The van der Waals surface area contributed by atoms with Crippen LogP contribution < -0.4 is 10.6 Å². The molecule has 0 spiro atoms. The molecule has 188 valence electrons. The smallest absolute Gasteiger partial charge is 0.410 e. The molecule has 0 bridgehead atoms. The molecule has 0 radical (unpaired) electrons. The SMILES string of the molecule is CC(C)[C@@H](NC(=O)C1(c2ccccc2)CCN(C(=O)OC(C)(C)C)CC1)C(=O)N[C@@H](C)C(=O)O. The highest BCUT2D eigenvalue weighted by atomic mass is 16.6. The van der Waals surface area contributed by atoms with Gasteiger partial charge in [-0.05, 0) is 52.0 Å². The number of carbonyl (C=O) groups is 4. The Bertz CT molecular complexity index is 886. The number of carbonyl (C=O) groups excluding carboxylic acids is 3. The Morgan fingerprint density at radius 1 is 1.00 bits per heavy atom. The van der Waals surface area contributed by atoms with Crippen LogP contribution in [0.3, 0.4) is 0 Å². The van der Waals surface area contributed by atoms with Gasteiger partial charge < -0.3 is 25.4 Å². The Balaban J connectivity index is 2.26. The van der Waals surface area contributed by atoms with E-state index >= 15 is 0 Å². The first kappa shape index (κ1) is 27.1. The molecular formula is C25H37N3O6. The van der Waals surface area contributed by atoms with E-state index in [0.717, 1.165) is 5.56 Å². The van der Waals surface area contributed by atoms with Gasteiger partial charge in [-0.15, -0.1) is 0 Å². The molecule has 2 atom stereocenters. The van der Waals surface area contributed by atoms with Crippen molar-refractivity contribution in [2.24, 2.45) is 5.92 Å². The number of ether oxygens (including phenoxy) is 1. The molecule has 0 saturated carbocycles. The van der Waals surface area contributed by atoms with Crippen molar-refractivity contribution in [1.82, 2.24) is 15.5 Å². The number of benzene rings is 1. The molecule has 0 aliphatic carbocycles. The third-order valence-corrected chi connectivity index (χ3v) is 5.99. The van der Waals surface area contributed by atoms with E-state index in [1.165, 1.54) is 6.92 Å². The quantitative estimate of drug-likeness (QED) is 0.557. The number of aliphatic carboxylic acids is 1. The maximum Gasteiger partial charge on any atom is 0.410 e. The number of likely N-dealkylation sites (tertiary alicyclic amines) is 1. The minimum Gasteiger partial charge on any atom is -0.480 e. The second kappa shape index (κ2) is 10.9. The van der Waals surface area contributed by atoms with Crippen LogP contribution in [0, 0.1) is 5.92 Å². The largest absolute Gasteiger partial charge is 0.480 e. The molecular weight excluding hydrogens is 438 g/mol. The van der Waals surface area contributed by atoms with Crippen LogP contribution in [0.15, 0.2) is 30.3 Å². The lowest BCUT2D eigenvalue weighted by atomic mass is 9.71. The summed E-state index contributed by atoms with van der Waals surface area (Å²) in [6.07, 6.45) is 0.303. The standard InChI is InChI=1S/C25H37N3O6/c1-16(2)19(20(29)26-17(3)21(30)31)27-22(32)25(18-10-8-7-9-11-18)12-14-28(15-13-25)23(33)34-24(4,5)6/h7-11,16-17,19H,12-15H2,1-6H3,(H,26,29)(H,27,32)(H,30,31)/t17-,19+/m0/s1. The molecule has 0 unspecified atom stereocenters. The number of piperidine rings is 1. The fraction of sp³-hybridized carbons (Fsp3) is 0.600. The summed E-state index contributed by atoms with van der Waals surface area (Å²) in [5.41, 5.74) is -0.753. The second-order valence-electron chi connectivity index (χ2n) is 10.2. The van der Waals surface area contributed by atoms with Crippen molar-refractivity contribution in [2.75, 3.05) is 13.1 Å². The van der Waals surface area contributed by atoms with Crippen LogP contribution in [0.4, 0.5) is 4.79 Å². The van der Waals surface area contributed by atoms with E-state index in [1.54, 1.807) is 39.5 Å². The van der Waals surface area contributed by atoms with Crippen LogP contribution in [-0.4, -0.2) is 64.7 Å². The highest BCUT2D eigenvalue weighted by Crippen LogP contribution is 2.36. The molecule has 3 amide bonds. The highest BCUT2D eigenvalue weighted by molar-refractivity contribution is 5.94. The zero-order valence-corrected chi connectivity index (χ0v) is 20.9. The van der Waals surface area contributed by atoms with E-state index in [1.807, 2.05) is 30.3 Å². The number of nitrogens with zero attached hydrogens (tertiary/aromatic N) is 1. The predicted molar refractivity (Wildman–Crippen MR) is 127 cm³/mol. The summed E-state index contributed by atoms with van der Waals surface area (Å²) in [5, 5.41) is 14.4. The lowest BCUT2D eigenvalue weighted by Gasteiger charge is -2.42. The Labute approximate surface area is 201 Å². The van der Waals surface area contributed by atoms with Crippen molar-refractivity contribution in [3.05, 3.63) is 35.9 Å². The van der Waals surface area contributed by atoms with E-state index in [-0.39, 0.29) is 11.8 Å². The number of nitrogens with one attached hydrogen (secondary N) is 2. The summed E-state index contributed by atoms with van der Waals surface area (Å²) >= 11 is 0. The average molecular weight is 476 g/mol. The zero-order chi connectivity index (χ0) is 25.7. The minimum absolute atomic E-state index is 0.264. The molecule has 0 aromatic heterocycles. The summed E-state index contributed by atoms with van der Waals surface area (Å²) in [7, 11) is 0. The number of carboxylic acids is 1. The lowest BCUT2D eigenvalue weighted by Crippen LogP contribution is -2.59. The van der Waals surface area contributed by atoms with E-state index in [4.69, 9.17) is 9.84 Å². The van der Waals surface area contributed by atoms with Gasteiger partial charge in [0.25, 0.3) is 0 Å². The van der Waals surface area contributed by atoms with E-state index in [2.05, 4.69) is 10.6 Å². The normalized spacial score (nSPS) is 17.4. The molecule has 1 fully saturated rings. The first-order chi connectivity index (χ1) is 15.8. The first-order valence-electron chi connectivity index (χ1n) is 11.6. The third kappa shape index (κ3) is 6.71. The predicted octanol–water partition coefficient (Wildman–Crippen LogP) is 2.69. The van der Waals surface area contributed by atoms with Crippen LogP contribution in [0.1, 0.15) is 59.9 Å². The molecule has 1 aromatic rings. The third-order valence-electron chi connectivity index (χ3n) is 5.99. The Morgan fingerprint density at radius 3 is 2.03 bits per heavy atom. The highest BCUT2D eigenvalue weighted by Gasteiger charge is 2.45. The Morgan fingerprint density at radius 2 is 1.56 bits per heavy atom. The van der Waals surface area contributed by atoms with E-state index in [9.17, 15) is 19.2 Å². The first-order valence-corrected chi connectivity index (χ1v) is 11.6. The minimum atomic E-state index is -1.16. The number of rotatable bonds is 7. The van der Waals surface area contributed by atoms with Gasteiger partial charge in [0.1, 0.15) is 17.7 Å². The van der Waals surface area contributed by atoms with Crippen LogP contribution >= 0.6 is 0 Å². The summed E-state index contributed by atoms with van der Waals surface area (Å²) in [6.45, 7) is 11.0. The van der Waals surface area contributed by atoms with Gasteiger partial charge in [-0.3, -0.25) is 14.4 Å². The van der Waals surface area contributed by atoms with Crippen molar-refractivity contribution >= 4 is 23.9 Å². The van der Waals surface area contributed by atoms with Gasteiger partial charge in [0.2, 0.25) is 11.8 Å². The number of hydrogen-bond acceptors (Lipinski definition) is 5. The van der Waals surface area contributed by atoms with Crippen molar-refractivity contribution in [3.63, 3.8) is 0 Å². The Hall–Kier alpha value is -3.10. The van der Waals surface area contributed by atoms with Gasteiger partial charge in [-0.25, -0.2) is 4.79 Å². The van der Waals surface area contributed by atoms with Crippen LogP contribution in [0.2, 0.25) is 0 Å². The summed E-state index contributed by atoms with van der Waals surface area (Å²) < 4.78 is 5.48. The summed E-state index contributed by atoms with van der Waals surface area (Å²) in [4.78, 5) is 51.8. The van der Waals surface area contributed by atoms with Crippen molar-refractivity contribution in [1.29, 1.82) is 0 Å². The molecule has 1 aromatic carbocycles. The topological polar surface area (TPSA) is 125 Å². The lowest BCUT2D eigenvalue weighted by molar-refractivity contribution is -0.142. The molecule has 9 heteroatoms. The monoisotopic (exact) mass is 475 g/mol. The molecule has 1 aliphatic rings. The number of hydrogen-bond donors (Lipinski definition) is 3. The number of amides is 3. The maximum absolute atomic E-state index is 13.7. The van der Waals surface area contributed by atoms with Crippen LogP contribution in [0.5, 0.6) is 0 Å². The number of carboxylic acid groups (broad SMARTS) is 1.